The molecule has 0 aliphatic carbocycles. The van der Waals surface area contributed by atoms with Gasteiger partial charge in [0.1, 0.15) is 18.4 Å². The molecule has 90 valence electrons. The summed E-state index contributed by atoms with van der Waals surface area (Å²) in [5, 5.41) is 8.78. The molecular formula is C9H11F3N2O2. The quantitative estimate of drug-likeness (QED) is 0.574. The van der Waals surface area contributed by atoms with Gasteiger partial charge in [0.25, 0.3) is 5.82 Å². The lowest BCUT2D eigenvalue weighted by Gasteiger charge is -2.03. The summed E-state index contributed by atoms with van der Waals surface area (Å²) in [7, 11) is 2.01. The number of halogens is 3. The molecular weight excluding hydrogens is 225 g/mol. The van der Waals surface area contributed by atoms with Gasteiger partial charge in [-0.3, -0.25) is 0 Å². The predicted molar refractivity (Wildman–Crippen MR) is 46.9 cm³/mol. The Bertz CT molecular complexity index is 358. The lowest BCUT2D eigenvalue weighted by Crippen LogP contribution is -2.37. The third kappa shape index (κ3) is 5.18. The molecule has 0 saturated carbocycles. The first-order valence-electron chi connectivity index (χ1n) is 4.20. The molecule has 7 heteroatoms. The molecule has 4 nitrogen and oxygen atoms in total. The summed E-state index contributed by atoms with van der Waals surface area (Å²) in [4.78, 5) is 11.9. The van der Waals surface area contributed by atoms with Crippen LogP contribution in [0.2, 0.25) is 0 Å². The number of carboxylic acids is 1. The van der Waals surface area contributed by atoms with E-state index in [1.807, 2.05) is 30.1 Å². The minimum absolute atomic E-state index is 0.906. The number of carboxylic acid groups (broad SMARTS) is 1. The second kappa shape index (κ2) is 5.94. The molecule has 0 aliphatic rings. The summed E-state index contributed by atoms with van der Waals surface area (Å²) in [6, 6.07) is 0. The lowest BCUT2D eigenvalue weighted by atomic mass is 10.4. The number of nitrogens with one attached hydrogen (secondary N) is 1. The first-order valence-corrected chi connectivity index (χ1v) is 4.20. The number of rotatable bonds is 2. The van der Waals surface area contributed by atoms with Crippen LogP contribution in [-0.4, -0.2) is 17.1 Å². The maximum absolute atomic E-state index is 10.5. The van der Waals surface area contributed by atoms with Gasteiger partial charge in [-0.2, -0.15) is 13.2 Å². The summed E-state index contributed by atoms with van der Waals surface area (Å²) < 4.78 is 33.6. The van der Waals surface area contributed by atoms with Crippen molar-refractivity contribution in [2.24, 2.45) is 7.05 Å². The number of H-pyrrole nitrogens is 1. The van der Waals surface area contributed by atoms with E-state index in [1.54, 1.807) is 0 Å². The summed E-state index contributed by atoms with van der Waals surface area (Å²) >= 11 is 0. The van der Waals surface area contributed by atoms with Crippen LogP contribution in [0.4, 0.5) is 13.2 Å². The second-order valence-electron chi connectivity index (χ2n) is 2.80. The topological polar surface area (TPSA) is 59.8 Å². The monoisotopic (exact) mass is 236 g/mol. The van der Waals surface area contributed by atoms with Crippen LogP contribution >= 0.6 is 0 Å². The van der Waals surface area contributed by atoms with Crippen molar-refractivity contribution in [3.63, 3.8) is 0 Å². The minimum Gasteiger partial charge on any atom is -0.542 e. The van der Waals surface area contributed by atoms with Gasteiger partial charge in [0.15, 0.2) is 0 Å². The van der Waals surface area contributed by atoms with Gasteiger partial charge in [0.2, 0.25) is 0 Å². The van der Waals surface area contributed by atoms with Gasteiger partial charge >= 0.3 is 6.18 Å². The molecule has 1 aromatic rings. The molecule has 1 rings (SSSR count). The number of aryl methyl sites for hydroxylation is 1. The van der Waals surface area contributed by atoms with Crippen molar-refractivity contribution in [3.05, 3.63) is 30.9 Å². The zero-order valence-corrected chi connectivity index (χ0v) is 8.54. The summed E-state index contributed by atoms with van der Waals surface area (Å²) in [5.41, 5.74) is 0. The molecule has 1 heterocycles. The average Bonchev–Trinajstić information content (AvgIpc) is 2.52. The molecule has 0 amide bonds. The van der Waals surface area contributed by atoms with E-state index in [1.165, 1.54) is 5.82 Å². The van der Waals surface area contributed by atoms with Crippen LogP contribution in [0.3, 0.4) is 0 Å². The van der Waals surface area contributed by atoms with E-state index in [4.69, 9.17) is 9.90 Å². The first-order chi connectivity index (χ1) is 7.29. The largest absolute Gasteiger partial charge is 0.542 e. The van der Waals surface area contributed by atoms with E-state index in [2.05, 4.69) is 11.6 Å². The Balaban J connectivity index is 0.000000293. The molecule has 1 aromatic heterocycles. The summed E-state index contributed by atoms with van der Waals surface area (Å²) in [5.74, 6) is -1.82. The number of nitrogens with zero attached hydrogens (tertiary/aromatic N) is 1. The van der Waals surface area contributed by atoms with Gasteiger partial charge in [0.05, 0.1) is 13.5 Å². The van der Waals surface area contributed by atoms with E-state index < -0.39 is 12.1 Å². The molecule has 1 N–H and O–H groups in total. The molecule has 0 atom stereocenters. The van der Waals surface area contributed by atoms with Gasteiger partial charge in [-0.25, -0.2) is 9.55 Å². The standard InChI is InChI=1S/C7H10N2.C2HF3O2/c1-3-4-7-8-5-6-9(7)2;3-2(4,5)1(6)7/h3,5-6H,1,4H2,2H3;(H,6,7). The molecule has 0 radical (unpaired) electrons. The van der Waals surface area contributed by atoms with E-state index in [9.17, 15) is 13.2 Å². The Kier molecular flexibility index (Phi) is 5.27. The normalized spacial score (nSPS) is 10.2. The van der Waals surface area contributed by atoms with E-state index >= 15 is 0 Å². The maximum Gasteiger partial charge on any atom is 0.430 e. The van der Waals surface area contributed by atoms with Crippen LogP contribution in [0.25, 0.3) is 0 Å². The van der Waals surface area contributed by atoms with Crippen molar-refractivity contribution >= 4 is 5.97 Å². The number of hydrogen-bond donors (Lipinski definition) is 1. The van der Waals surface area contributed by atoms with Crippen LogP contribution in [0.15, 0.2) is 25.0 Å². The van der Waals surface area contributed by atoms with Crippen LogP contribution in [-0.2, 0) is 18.3 Å². The van der Waals surface area contributed by atoms with E-state index in [0.717, 1.165) is 6.42 Å². The highest BCUT2D eigenvalue weighted by Gasteiger charge is 2.28. The van der Waals surface area contributed by atoms with Crippen molar-refractivity contribution < 1.29 is 27.6 Å². The number of alkyl halides is 3. The van der Waals surface area contributed by atoms with Crippen molar-refractivity contribution in [1.82, 2.24) is 4.98 Å². The predicted octanol–water partition coefficient (Wildman–Crippen LogP) is -0.134. The summed E-state index contributed by atoms with van der Waals surface area (Å²) in [6.07, 6.45) is 1.49. The maximum atomic E-state index is 10.5. The molecule has 0 fully saturated rings. The smallest absolute Gasteiger partial charge is 0.430 e. The van der Waals surface area contributed by atoms with Crippen molar-refractivity contribution in [1.29, 1.82) is 0 Å². The Labute approximate surface area is 90.0 Å². The summed E-state index contributed by atoms with van der Waals surface area (Å²) in [6.45, 7) is 3.64. The Hall–Kier alpha value is -1.79. The molecule has 0 aromatic carbocycles. The zero-order valence-electron chi connectivity index (χ0n) is 8.54. The third-order valence-corrected chi connectivity index (χ3v) is 1.54. The second-order valence-corrected chi connectivity index (χ2v) is 2.80. The number of aromatic amines is 1. The molecule has 0 aliphatic heterocycles. The lowest BCUT2D eigenvalue weighted by molar-refractivity contribution is -0.677. The van der Waals surface area contributed by atoms with Crippen molar-refractivity contribution in [2.45, 2.75) is 12.6 Å². The van der Waals surface area contributed by atoms with E-state index in [-0.39, 0.29) is 0 Å². The fourth-order valence-electron chi connectivity index (χ4n) is 0.777. The fourth-order valence-corrected chi connectivity index (χ4v) is 0.777. The number of aromatic nitrogens is 2. The van der Waals surface area contributed by atoms with E-state index in [0.29, 0.717) is 0 Å². The van der Waals surface area contributed by atoms with Crippen LogP contribution in [0, 0.1) is 0 Å². The number of carbonyl (C=O) groups is 1. The SMILES string of the molecule is C=CCc1[nH]cc[n+]1C.O=C([O-])C(F)(F)F. The molecule has 0 unspecified atom stereocenters. The highest BCUT2D eigenvalue weighted by molar-refractivity contribution is 5.70. The first kappa shape index (κ1) is 14.2. The number of hydrogen-bond acceptors (Lipinski definition) is 2. The number of allylic oxidation sites excluding steroid dienone is 1. The fraction of sp³-hybridized carbons (Fsp3) is 0.333. The molecule has 0 saturated heterocycles. The third-order valence-electron chi connectivity index (χ3n) is 1.54. The Morgan fingerprint density at radius 3 is 2.44 bits per heavy atom. The van der Waals surface area contributed by atoms with Gasteiger partial charge in [-0.05, 0) is 0 Å². The molecule has 16 heavy (non-hydrogen) atoms. The van der Waals surface area contributed by atoms with Crippen LogP contribution < -0.4 is 9.67 Å². The van der Waals surface area contributed by atoms with Gasteiger partial charge < -0.3 is 9.90 Å². The van der Waals surface area contributed by atoms with Crippen LogP contribution in [0.5, 0.6) is 0 Å². The van der Waals surface area contributed by atoms with Gasteiger partial charge in [-0.15, -0.1) is 6.58 Å². The molecule has 0 spiro atoms. The van der Waals surface area contributed by atoms with Gasteiger partial charge in [0, 0.05) is 0 Å². The minimum atomic E-state index is -5.19. The highest BCUT2D eigenvalue weighted by Crippen LogP contribution is 2.11. The van der Waals surface area contributed by atoms with Gasteiger partial charge in [-0.1, -0.05) is 6.08 Å². The number of carbonyl (C=O) groups excluding carboxylic acids is 1. The highest BCUT2D eigenvalue weighted by atomic mass is 19.4. The Morgan fingerprint density at radius 1 is 1.69 bits per heavy atom. The van der Waals surface area contributed by atoms with Crippen molar-refractivity contribution in [3.8, 4) is 0 Å². The number of imidazole rings is 1. The molecule has 0 bridgehead atoms. The van der Waals surface area contributed by atoms with Crippen LogP contribution in [0.1, 0.15) is 5.82 Å². The average molecular weight is 236 g/mol. The van der Waals surface area contributed by atoms with Crippen molar-refractivity contribution in [2.75, 3.05) is 0 Å². The Morgan fingerprint density at radius 2 is 2.19 bits per heavy atom. The zero-order chi connectivity index (χ0) is 12.8. The number of aliphatic carboxylic acids is 1.